The second-order valence-corrected chi connectivity index (χ2v) is 7.96. The monoisotopic (exact) mass is 432 g/mol. The first kappa shape index (κ1) is 19.4. The summed E-state index contributed by atoms with van der Waals surface area (Å²) in [4.78, 5) is 26.0. The molecular weight excluding hydrogens is 412 g/mol. The molecule has 0 saturated heterocycles. The standard InChI is InChI=1S/C22H20N6O2S/c29-20(23-12-18-24-25-22(31)28(18)15-10-11-15)19-16-8-4-5-9-17(16)21(30)27(26-19)13-14-6-2-1-3-7-14/h1-9,15H,10-13H2,(H,23,29)(H,25,31). The normalized spacial score (nSPS) is 13.4. The van der Waals surface area contributed by atoms with Crippen LogP contribution < -0.4 is 10.9 Å². The van der Waals surface area contributed by atoms with Gasteiger partial charge in [-0.25, -0.2) is 4.68 Å². The van der Waals surface area contributed by atoms with Crippen LogP contribution in [0.4, 0.5) is 0 Å². The van der Waals surface area contributed by atoms with Crippen molar-refractivity contribution in [1.29, 1.82) is 0 Å². The number of nitrogens with zero attached hydrogens (tertiary/aromatic N) is 4. The molecule has 0 radical (unpaired) electrons. The molecule has 4 aromatic rings. The second kappa shape index (κ2) is 7.92. The number of hydrogen-bond donors (Lipinski definition) is 2. The van der Waals surface area contributed by atoms with Gasteiger partial charge < -0.3 is 5.32 Å². The molecule has 5 rings (SSSR count). The lowest BCUT2D eigenvalue weighted by atomic mass is 10.1. The van der Waals surface area contributed by atoms with E-state index in [4.69, 9.17) is 12.2 Å². The van der Waals surface area contributed by atoms with Crippen molar-refractivity contribution >= 4 is 28.9 Å². The van der Waals surface area contributed by atoms with Gasteiger partial charge in [0.1, 0.15) is 0 Å². The van der Waals surface area contributed by atoms with Gasteiger partial charge in [0.15, 0.2) is 16.3 Å². The molecule has 8 nitrogen and oxygen atoms in total. The Morgan fingerprint density at radius 2 is 1.81 bits per heavy atom. The van der Waals surface area contributed by atoms with Crippen LogP contribution >= 0.6 is 12.2 Å². The maximum atomic E-state index is 13.1. The summed E-state index contributed by atoms with van der Waals surface area (Å²) in [6, 6.07) is 16.9. The average molecular weight is 433 g/mol. The van der Waals surface area contributed by atoms with E-state index in [0.29, 0.717) is 27.4 Å². The molecule has 2 N–H and O–H groups in total. The summed E-state index contributed by atoms with van der Waals surface area (Å²) in [6.07, 6.45) is 2.12. The van der Waals surface area contributed by atoms with Gasteiger partial charge in [0.25, 0.3) is 11.5 Å². The number of carbonyl (C=O) groups excluding carboxylic acids is 1. The van der Waals surface area contributed by atoms with Crippen LogP contribution in [-0.4, -0.2) is 30.5 Å². The van der Waals surface area contributed by atoms with E-state index in [-0.39, 0.29) is 30.2 Å². The zero-order valence-corrected chi connectivity index (χ0v) is 17.4. The maximum absolute atomic E-state index is 13.1. The van der Waals surface area contributed by atoms with E-state index in [9.17, 15) is 9.59 Å². The molecule has 9 heteroatoms. The lowest BCUT2D eigenvalue weighted by molar-refractivity contribution is 0.0944. The van der Waals surface area contributed by atoms with Crippen LogP contribution in [0.1, 0.15) is 40.8 Å². The highest BCUT2D eigenvalue weighted by Gasteiger charge is 2.27. The second-order valence-electron chi connectivity index (χ2n) is 7.57. The average Bonchev–Trinajstić information content (AvgIpc) is 3.56. The lowest BCUT2D eigenvalue weighted by Crippen LogP contribution is -2.31. The van der Waals surface area contributed by atoms with Crippen LogP contribution in [0.2, 0.25) is 0 Å². The van der Waals surface area contributed by atoms with Crippen LogP contribution in [0.25, 0.3) is 10.8 Å². The van der Waals surface area contributed by atoms with Gasteiger partial charge in [-0.3, -0.25) is 19.3 Å². The molecule has 2 heterocycles. The Bertz CT molecular complexity index is 1380. The molecule has 2 aromatic carbocycles. The van der Waals surface area contributed by atoms with Crippen molar-refractivity contribution in [3.63, 3.8) is 0 Å². The number of carbonyl (C=O) groups is 1. The van der Waals surface area contributed by atoms with Crippen molar-refractivity contribution in [2.24, 2.45) is 0 Å². The number of aromatic amines is 1. The summed E-state index contributed by atoms with van der Waals surface area (Å²) in [5.74, 6) is 0.317. The number of fused-ring (bicyclic) bond motifs is 1. The molecule has 1 aliphatic carbocycles. The topological polar surface area (TPSA) is 97.6 Å². The predicted octanol–water partition coefficient (Wildman–Crippen LogP) is 2.96. The number of aromatic nitrogens is 5. The van der Waals surface area contributed by atoms with E-state index >= 15 is 0 Å². The molecule has 31 heavy (non-hydrogen) atoms. The van der Waals surface area contributed by atoms with Gasteiger partial charge >= 0.3 is 0 Å². The van der Waals surface area contributed by atoms with Gasteiger partial charge in [0.2, 0.25) is 0 Å². The Hall–Kier alpha value is -3.59. The Balaban J connectivity index is 1.48. The Labute approximate surface area is 182 Å². The maximum Gasteiger partial charge on any atom is 0.274 e. The van der Waals surface area contributed by atoms with Gasteiger partial charge in [-0.05, 0) is 36.7 Å². The van der Waals surface area contributed by atoms with Crippen molar-refractivity contribution in [2.75, 3.05) is 0 Å². The Morgan fingerprint density at radius 3 is 2.55 bits per heavy atom. The Morgan fingerprint density at radius 1 is 1.10 bits per heavy atom. The van der Waals surface area contributed by atoms with E-state index < -0.39 is 0 Å². The summed E-state index contributed by atoms with van der Waals surface area (Å²) in [5.41, 5.74) is 0.905. The molecule has 2 aromatic heterocycles. The van der Waals surface area contributed by atoms with Crippen molar-refractivity contribution in [3.8, 4) is 0 Å². The summed E-state index contributed by atoms with van der Waals surface area (Å²) in [7, 11) is 0. The van der Waals surface area contributed by atoms with Crippen LogP contribution in [0, 0.1) is 4.77 Å². The SMILES string of the molecule is O=C(NCc1n[nH]c(=S)n1C1CC1)c1nn(Cc2ccccc2)c(=O)c2ccccc12. The van der Waals surface area contributed by atoms with Crippen molar-refractivity contribution in [3.05, 3.63) is 86.8 Å². The summed E-state index contributed by atoms with van der Waals surface area (Å²) >= 11 is 5.30. The van der Waals surface area contributed by atoms with E-state index in [2.05, 4.69) is 20.6 Å². The predicted molar refractivity (Wildman–Crippen MR) is 118 cm³/mol. The number of rotatable bonds is 6. The fourth-order valence-electron chi connectivity index (χ4n) is 3.68. The largest absolute Gasteiger partial charge is 0.343 e. The molecule has 156 valence electrons. The number of hydrogen-bond acceptors (Lipinski definition) is 5. The molecule has 1 amide bonds. The molecule has 1 aliphatic rings. The van der Waals surface area contributed by atoms with Crippen molar-refractivity contribution < 1.29 is 4.79 Å². The molecule has 1 fully saturated rings. The zero-order valence-electron chi connectivity index (χ0n) is 16.6. The first-order valence-corrected chi connectivity index (χ1v) is 10.5. The highest BCUT2D eigenvalue weighted by molar-refractivity contribution is 7.71. The van der Waals surface area contributed by atoms with Crippen LogP contribution in [0.3, 0.4) is 0 Å². The molecule has 1 saturated carbocycles. The van der Waals surface area contributed by atoms with Crippen LogP contribution in [0.15, 0.2) is 59.4 Å². The van der Waals surface area contributed by atoms with E-state index in [1.54, 1.807) is 24.3 Å². The molecule has 0 bridgehead atoms. The number of H-pyrrole nitrogens is 1. The van der Waals surface area contributed by atoms with Crippen LogP contribution in [-0.2, 0) is 13.1 Å². The number of amides is 1. The highest BCUT2D eigenvalue weighted by Crippen LogP contribution is 2.35. The zero-order chi connectivity index (χ0) is 21.4. The van der Waals surface area contributed by atoms with E-state index in [0.717, 1.165) is 18.4 Å². The third-order valence-electron chi connectivity index (χ3n) is 5.35. The third kappa shape index (κ3) is 3.79. The molecule has 0 spiro atoms. The summed E-state index contributed by atoms with van der Waals surface area (Å²) in [6.45, 7) is 0.501. The van der Waals surface area contributed by atoms with Gasteiger partial charge in [0, 0.05) is 11.4 Å². The van der Waals surface area contributed by atoms with Crippen molar-refractivity contribution in [2.45, 2.75) is 32.0 Å². The minimum absolute atomic E-state index is 0.207. The number of nitrogens with one attached hydrogen (secondary N) is 2. The Kier molecular flexibility index (Phi) is 4.95. The first-order chi connectivity index (χ1) is 15.1. The lowest BCUT2D eigenvalue weighted by Gasteiger charge is -2.12. The molecular formula is C22H20N6O2S. The van der Waals surface area contributed by atoms with E-state index in [1.807, 2.05) is 34.9 Å². The highest BCUT2D eigenvalue weighted by atomic mass is 32.1. The molecule has 0 aliphatic heterocycles. The van der Waals surface area contributed by atoms with Crippen LogP contribution in [0.5, 0.6) is 0 Å². The smallest absolute Gasteiger partial charge is 0.274 e. The first-order valence-electron chi connectivity index (χ1n) is 10.1. The van der Waals surface area contributed by atoms with Crippen molar-refractivity contribution in [1.82, 2.24) is 29.9 Å². The van der Waals surface area contributed by atoms with Gasteiger partial charge in [-0.2, -0.15) is 10.2 Å². The number of benzene rings is 2. The minimum atomic E-state index is -0.366. The third-order valence-corrected chi connectivity index (χ3v) is 5.64. The minimum Gasteiger partial charge on any atom is -0.343 e. The quantitative estimate of drug-likeness (QED) is 0.457. The summed E-state index contributed by atoms with van der Waals surface area (Å²) in [5, 5.41) is 15.3. The molecule has 0 atom stereocenters. The van der Waals surface area contributed by atoms with E-state index in [1.165, 1.54) is 4.68 Å². The van der Waals surface area contributed by atoms with Gasteiger partial charge in [-0.15, -0.1) is 0 Å². The summed E-state index contributed by atoms with van der Waals surface area (Å²) < 4.78 is 3.86. The molecule has 0 unspecified atom stereocenters. The van der Waals surface area contributed by atoms with Gasteiger partial charge in [-0.1, -0.05) is 48.5 Å². The fourth-order valence-corrected chi connectivity index (χ4v) is 3.98. The van der Waals surface area contributed by atoms with Gasteiger partial charge in [0.05, 0.1) is 18.5 Å². The fraction of sp³-hybridized carbons (Fsp3) is 0.227.